The molecule has 0 bridgehead atoms. The van der Waals surface area contributed by atoms with Gasteiger partial charge in [0.1, 0.15) is 17.3 Å². The third-order valence-electron chi connectivity index (χ3n) is 4.83. The van der Waals surface area contributed by atoms with Gasteiger partial charge in [-0.3, -0.25) is 4.79 Å². The minimum absolute atomic E-state index is 0.0249. The molecule has 0 aromatic heterocycles. The van der Waals surface area contributed by atoms with Gasteiger partial charge < -0.3 is 14.4 Å². The molecule has 0 spiro atoms. The van der Waals surface area contributed by atoms with Gasteiger partial charge in [-0.05, 0) is 49.4 Å². The van der Waals surface area contributed by atoms with Crippen LogP contribution in [0, 0.1) is 11.7 Å². The van der Waals surface area contributed by atoms with Crippen LogP contribution in [-0.2, 0) is 0 Å². The topological polar surface area (TPSA) is 38.8 Å². The molecule has 0 unspecified atom stereocenters. The van der Waals surface area contributed by atoms with E-state index in [2.05, 4.69) is 0 Å². The Morgan fingerprint density at radius 1 is 1.15 bits per heavy atom. The number of likely N-dealkylation sites (tertiary alicyclic amines) is 1. The van der Waals surface area contributed by atoms with E-state index in [1.54, 1.807) is 25.3 Å². The van der Waals surface area contributed by atoms with E-state index in [0.29, 0.717) is 29.6 Å². The molecule has 5 heteroatoms. The number of amides is 1. The van der Waals surface area contributed by atoms with Gasteiger partial charge in [0.15, 0.2) is 0 Å². The normalized spacial score (nSPS) is 14.9. The minimum Gasteiger partial charge on any atom is -0.496 e. The molecule has 138 valence electrons. The molecular formula is C21H24FNO3. The number of hydrogen-bond acceptors (Lipinski definition) is 3. The average Bonchev–Trinajstić information content (AvgIpc) is 2.68. The van der Waals surface area contributed by atoms with Gasteiger partial charge in [0, 0.05) is 19.2 Å². The molecule has 4 nitrogen and oxygen atoms in total. The molecule has 26 heavy (non-hydrogen) atoms. The Labute approximate surface area is 153 Å². The summed E-state index contributed by atoms with van der Waals surface area (Å²) in [4.78, 5) is 14.6. The Bertz CT molecular complexity index is 742. The molecule has 0 N–H and O–H groups in total. The number of para-hydroxylation sites is 1. The maximum atomic E-state index is 13.1. The van der Waals surface area contributed by atoms with Crippen molar-refractivity contribution in [2.75, 3.05) is 26.8 Å². The summed E-state index contributed by atoms with van der Waals surface area (Å²) >= 11 is 0. The Kier molecular flexibility index (Phi) is 6.10. The van der Waals surface area contributed by atoms with Crippen LogP contribution >= 0.6 is 0 Å². The number of piperidine rings is 1. The van der Waals surface area contributed by atoms with Crippen molar-refractivity contribution in [2.24, 2.45) is 5.92 Å². The highest BCUT2D eigenvalue weighted by molar-refractivity contribution is 5.97. The van der Waals surface area contributed by atoms with Crippen molar-refractivity contribution in [1.29, 1.82) is 0 Å². The van der Waals surface area contributed by atoms with Crippen molar-refractivity contribution >= 4 is 5.91 Å². The van der Waals surface area contributed by atoms with Crippen molar-refractivity contribution in [1.82, 2.24) is 4.90 Å². The van der Waals surface area contributed by atoms with Crippen LogP contribution in [0.25, 0.3) is 0 Å². The molecular weight excluding hydrogens is 333 g/mol. The molecule has 0 saturated carbocycles. The number of methoxy groups -OCH3 is 1. The number of hydrogen-bond donors (Lipinski definition) is 0. The van der Waals surface area contributed by atoms with Crippen LogP contribution in [0.4, 0.5) is 4.39 Å². The van der Waals surface area contributed by atoms with Gasteiger partial charge in [0.05, 0.1) is 19.3 Å². The van der Waals surface area contributed by atoms with Gasteiger partial charge in [0.2, 0.25) is 0 Å². The highest BCUT2D eigenvalue weighted by atomic mass is 19.1. The SMILES string of the molecule is COc1ccccc1C(=O)N1CCC(CCOc2cccc(F)c2)CC1. The molecule has 1 heterocycles. The first-order valence-corrected chi connectivity index (χ1v) is 8.98. The molecule has 2 aromatic carbocycles. The standard InChI is InChI=1S/C21H24FNO3/c1-25-20-8-3-2-7-19(20)21(24)23-12-9-16(10-13-23)11-14-26-18-6-4-5-17(22)15-18/h2-8,15-16H,9-14H2,1H3. The number of carbonyl (C=O) groups excluding carboxylic acids is 1. The van der Waals surface area contributed by atoms with Crippen LogP contribution in [0.5, 0.6) is 11.5 Å². The Hall–Kier alpha value is -2.56. The first-order valence-electron chi connectivity index (χ1n) is 8.98. The number of benzene rings is 2. The van der Waals surface area contributed by atoms with Crippen LogP contribution in [0.3, 0.4) is 0 Å². The Morgan fingerprint density at radius 3 is 2.65 bits per heavy atom. The molecule has 1 aliphatic heterocycles. The zero-order valence-corrected chi connectivity index (χ0v) is 15.0. The zero-order chi connectivity index (χ0) is 18.4. The third kappa shape index (κ3) is 4.54. The zero-order valence-electron chi connectivity index (χ0n) is 15.0. The first-order chi connectivity index (χ1) is 12.7. The van der Waals surface area contributed by atoms with Crippen molar-refractivity contribution < 1.29 is 18.7 Å². The van der Waals surface area contributed by atoms with E-state index >= 15 is 0 Å². The highest BCUT2D eigenvalue weighted by Gasteiger charge is 2.25. The lowest BCUT2D eigenvalue weighted by molar-refractivity contribution is 0.0676. The molecule has 1 aliphatic rings. The molecule has 1 saturated heterocycles. The number of nitrogens with zero attached hydrogens (tertiary/aromatic N) is 1. The van der Waals surface area contributed by atoms with Crippen molar-refractivity contribution in [3.8, 4) is 11.5 Å². The molecule has 1 fully saturated rings. The molecule has 2 aromatic rings. The van der Waals surface area contributed by atoms with E-state index in [4.69, 9.17) is 9.47 Å². The Balaban J connectivity index is 1.46. The van der Waals surface area contributed by atoms with Crippen LogP contribution in [0.2, 0.25) is 0 Å². The van der Waals surface area contributed by atoms with Gasteiger partial charge in [0.25, 0.3) is 5.91 Å². The maximum absolute atomic E-state index is 13.1. The van der Waals surface area contributed by atoms with E-state index in [1.807, 2.05) is 23.1 Å². The van der Waals surface area contributed by atoms with E-state index in [1.165, 1.54) is 12.1 Å². The molecule has 0 radical (unpaired) electrons. The van der Waals surface area contributed by atoms with Gasteiger partial charge in [-0.25, -0.2) is 4.39 Å². The van der Waals surface area contributed by atoms with Gasteiger partial charge in [-0.1, -0.05) is 18.2 Å². The van der Waals surface area contributed by atoms with Gasteiger partial charge >= 0.3 is 0 Å². The number of rotatable bonds is 6. The van der Waals surface area contributed by atoms with Crippen molar-refractivity contribution in [2.45, 2.75) is 19.3 Å². The molecule has 0 atom stereocenters. The summed E-state index contributed by atoms with van der Waals surface area (Å²) in [6, 6.07) is 13.5. The van der Waals surface area contributed by atoms with E-state index < -0.39 is 0 Å². The predicted molar refractivity (Wildman–Crippen MR) is 98.1 cm³/mol. The molecule has 3 rings (SSSR count). The summed E-state index contributed by atoms with van der Waals surface area (Å²) in [6.07, 6.45) is 2.81. The molecule has 1 amide bonds. The molecule has 0 aliphatic carbocycles. The van der Waals surface area contributed by atoms with Crippen LogP contribution in [0.1, 0.15) is 29.6 Å². The number of carbonyl (C=O) groups is 1. The van der Waals surface area contributed by atoms with E-state index in [0.717, 1.165) is 32.4 Å². The van der Waals surface area contributed by atoms with E-state index in [-0.39, 0.29) is 11.7 Å². The van der Waals surface area contributed by atoms with Crippen molar-refractivity contribution in [3.63, 3.8) is 0 Å². The third-order valence-corrected chi connectivity index (χ3v) is 4.83. The second-order valence-electron chi connectivity index (χ2n) is 6.53. The summed E-state index contributed by atoms with van der Waals surface area (Å²) in [5, 5.41) is 0. The summed E-state index contributed by atoms with van der Waals surface area (Å²) < 4.78 is 24.1. The van der Waals surface area contributed by atoms with Gasteiger partial charge in [-0.2, -0.15) is 0 Å². The summed E-state index contributed by atoms with van der Waals surface area (Å²) in [5.74, 6) is 1.43. The quantitative estimate of drug-likeness (QED) is 0.779. The highest BCUT2D eigenvalue weighted by Crippen LogP contribution is 2.25. The fourth-order valence-electron chi connectivity index (χ4n) is 3.32. The van der Waals surface area contributed by atoms with Crippen LogP contribution in [-0.4, -0.2) is 37.6 Å². The second kappa shape index (κ2) is 8.70. The monoisotopic (exact) mass is 357 g/mol. The number of halogens is 1. The smallest absolute Gasteiger partial charge is 0.257 e. The maximum Gasteiger partial charge on any atom is 0.257 e. The van der Waals surface area contributed by atoms with Crippen LogP contribution in [0.15, 0.2) is 48.5 Å². The Morgan fingerprint density at radius 2 is 1.92 bits per heavy atom. The summed E-state index contributed by atoms with van der Waals surface area (Å²) in [5.41, 5.74) is 0.614. The van der Waals surface area contributed by atoms with Gasteiger partial charge in [-0.15, -0.1) is 0 Å². The lowest BCUT2D eigenvalue weighted by Crippen LogP contribution is -2.38. The lowest BCUT2D eigenvalue weighted by atomic mass is 9.93. The average molecular weight is 357 g/mol. The number of ether oxygens (including phenoxy) is 2. The second-order valence-corrected chi connectivity index (χ2v) is 6.53. The van der Waals surface area contributed by atoms with Crippen molar-refractivity contribution in [3.05, 3.63) is 59.9 Å². The largest absolute Gasteiger partial charge is 0.496 e. The van der Waals surface area contributed by atoms with E-state index in [9.17, 15) is 9.18 Å². The lowest BCUT2D eigenvalue weighted by Gasteiger charge is -2.32. The fourth-order valence-corrected chi connectivity index (χ4v) is 3.32. The minimum atomic E-state index is -0.286. The fraction of sp³-hybridized carbons (Fsp3) is 0.381. The summed E-state index contributed by atoms with van der Waals surface area (Å²) in [6.45, 7) is 2.04. The predicted octanol–water partition coefficient (Wildman–Crippen LogP) is 4.16. The first kappa shape index (κ1) is 18.2. The summed E-state index contributed by atoms with van der Waals surface area (Å²) in [7, 11) is 1.58. The van der Waals surface area contributed by atoms with Crippen LogP contribution < -0.4 is 9.47 Å².